The number of aryl methyl sites for hydroxylation is 1. The van der Waals surface area contributed by atoms with Gasteiger partial charge in [0.25, 0.3) is 10.0 Å². The average molecular weight is 687 g/mol. The van der Waals surface area contributed by atoms with Gasteiger partial charge >= 0.3 is 0 Å². The van der Waals surface area contributed by atoms with Crippen LogP contribution in [0.3, 0.4) is 0 Å². The molecule has 1 unspecified atom stereocenters. The lowest BCUT2D eigenvalue weighted by Crippen LogP contribution is -2.53. The summed E-state index contributed by atoms with van der Waals surface area (Å²) in [6.07, 6.45) is 0.168. The van der Waals surface area contributed by atoms with Gasteiger partial charge in [-0.3, -0.25) is 13.9 Å². The summed E-state index contributed by atoms with van der Waals surface area (Å²) in [7, 11) is -4.27. The minimum absolute atomic E-state index is 0.00513. The molecular formula is C34H34Cl3N3O4S. The van der Waals surface area contributed by atoms with Crippen LogP contribution in [-0.2, 0) is 32.6 Å². The van der Waals surface area contributed by atoms with Crippen LogP contribution >= 0.6 is 34.8 Å². The molecule has 0 fully saturated rings. The molecule has 1 N–H and O–H groups in total. The molecule has 0 heterocycles. The molecule has 1 atom stereocenters. The summed E-state index contributed by atoms with van der Waals surface area (Å²) >= 11 is 19.5. The van der Waals surface area contributed by atoms with Crippen LogP contribution in [0.25, 0.3) is 0 Å². The fraction of sp³-hybridized carbons (Fsp3) is 0.235. The first-order valence-electron chi connectivity index (χ1n) is 14.3. The Bertz CT molecular complexity index is 1750. The highest BCUT2D eigenvalue weighted by Gasteiger charge is 2.35. The fourth-order valence-corrected chi connectivity index (χ4v) is 7.07. The highest BCUT2D eigenvalue weighted by Crippen LogP contribution is 2.32. The second-order valence-electron chi connectivity index (χ2n) is 10.5. The zero-order valence-electron chi connectivity index (χ0n) is 25.1. The van der Waals surface area contributed by atoms with Crippen molar-refractivity contribution in [1.29, 1.82) is 0 Å². The minimum atomic E-state index is -4.27. The molecule has 0 aliphatic carbocycles. The summed E-state index contributed by atoms with van der Waals surface area (Å²) in [6, 6.07) is 24.5. The van der Waals surface area contributed by atoms with Crippen molar-refractivity contribution in [2.75, 3.05) is 17.4 Å². The summed E-state index contributed by atoms with van der Waals surface area (Å²) in [5.74, 6) is -1.03. The first kappa shape index (κ1) is 34.3. The summed E-state index contributed by atoms with van der Waals surface area (Å²) in [5, 5.41) is 3.79. The minimum Gasteiger partial charge on any atom is -0.355 e. The van der Waals surface area contributed by atoms with Gasteiger partial charge in [-0.2, -0.15) is 0 Å². The Morgan fingerprint density at radius 3 is 2.02 bits per heavy atom. The number of amides is 2. The lowest BCUT2D eigenvalue weighted by molar-refractivity contribution is -0.140. The number of rotatable bonds is 12. The van der Waals surface area contributed by atoms with E-state index in [1.165, 1.54) is 17.0 Å². The van der Waals surface area contributed by atoms with Gasteiger partial charge in [0, 0.05) is 40.1 Å². The van der Waals surface area contributed by atoms with E-state index in [4.69, 9.17) is 34.8 Å². The molecule has 7 nitrogen and oxygen atoms in total. The molecule has 45 heavy (non-hydrogen) atoms. The van der Waals surface area contributed by atoms with E-state index in [1.807, 2.05) is 37.3 Å². The second-order valence-corrected chi connectivity index (χ2v) is 13.6. The molecule has 0 bridgehead atoms. The van der Waals surface area contributed by atoms with Gasteiger partial charge in [-0.15, -0.1) is 0 Å². The Labute approximate surface area is 279 Å². The van der Waals surface area contributed by atoms with E-state index < -0.39 is 34.4 Å². The molecule has 0 aromatic heterocycles. The van der Waals surface area contributed by atoms with E-state index in [1.54, 1.807) is 62.4 Å². The van der Waals surface area contributed by atoms with E-state index >= 15 is 0 Å². The topological polar surface area (TPSA) is 86.8 Å². The van der Waals surface area contributed by atoms with Crippen LogP contribution in [0.2, 0.25) is 15.1 Å². The van der Waals surface area contributed by atoms with E-state index in [9.17, 15) is 18.0 Å². The number of likely N-dealkylation sites (N-methyl/N-ethyl adjacent to an activating group) is 1. The van der Waals surface area contributed by atoms with Gasteiger partial charge in [0.15, 0.2) is 0 Å². The third kappa shape index (κ3) is 8.19. The molecule has 4 aromatic carbocycles. The zero-order chi connectivity index (χ0) is 32.7. The maximum Gasteiger partial charge on any atom is 0.264 e. The summed E-state index contributed by atoms with van der Waals surface area (Å²) < 4.78 is 29.5. The molecule has 0 saturated carbocycles. The van der Waals surface area contributed by atoms with Crippen molar-refractivity contribution in [3.63, 3.8) is 0 Å². The molecule has 11 heteroatoms. The number of hydrogen-bond donors (Lipinski definition) is 1. The van der Waals surface area contributed by atoms with Crippen molar-refractivity contribution in [1.82, 2.24) is 10.2 Å². The maximum absolute atomic E-state index is 14.5. The molecule has 2 amide bonds. The number of sulfonamides is 1. The maximum atomic E-state index is 14.5. The van der Waals surface area contributed by atoms with E-state index in [-0.39, 0.29) is 23.5 Å². The first-order chi connectivity index (χ1) is 21.4. The Morgan fingerprint density at radius 2 is 1.40 bits per heavy atom. The van der Waals surface area contributed by atoms with Crippen LogP contribution in [-0.4, -0.2) is 44.3 Å². The molecule has 4 aromatic rings. The number of nitrogens with one attached hydrogen (secondary N) is 1. The van der Waals surface area contributed by atoms with Gasteiger partial charge in [-0.25, -0.2) is 8.42 Å². The predicted molar refractivity (Wildman–Crippen MR) is 182 cm³/mol. The molecule has 0 spiro atoms. The number of anilines is 1. The number of carbonyl (C=O) groups excluding carboxylic acids is 2. The summed E-state index contributed by atoms with van der Waals surface area (Å²) in [5.41, 5.74) is 2.84. The van der Waals surface area contributed by atoms with Gasteiger partial charge in [0.1, 0.15) is 12.6 Å². The van der Waals surface area contributed by atoms with Crippen molar-refractivity contribution >= 4 is 62.3 Å². The Morgan fingerprint density at radius 1 is 0.800 bits per heavy atom. The van der Waals surface area contributed by atoms with Gasteiger partial charge in [0.05, 0.1) is 10.6 Å². The Balaban J connectivity index is 1.86. The van der Waals surface area contributed by atoms with Crippen molar-refractivity contribution in [3.8, 4) is 0 Å². The average Bonchev–Trinajstić information content (AvgIpc) is 3.01. The van der Waals surface area contributed by atoms with Crippen LogP contribution < -0.4 is 9.62 Å². The van der Waals surface area contributed by atoms with Crippen LogP contribution in [0, 0.1) is 13.8 Å². The smallest absolute Gasteiger partial charge is 0.264 e. The highest BCUT2D eigenvalue weighted by molar-refractivity contribution is 7.92. The number of nitrogens with zero attached hydrogens (tertiary/aromatic N) is 2. The lowest BCUT2D eigenvalue weighted by Gasteiger charge is -2.34. The zero-order valence-corrected chi connectivity index (χ0v) is 28.2. The molecular weight excluding hydrogens is 653 g/mol. The van der Waals surface area contributed by atoms with Crippen molar-refractivity contribution in [2.45, 2.75) is 44.7 Å². The monoisotopic (exact) mass is 685 g/mol. The Hall–Kier alpha value is -3.56. The predicted octanol–water partition coefficient (Wildman–Crippen LogP) is 7.24. The molecule has 236 valence electrons. The molecule has 0 radical (unpaired) electrons. The van der Waals surface area contributed by atoms with E-state index in [2.05, 4.69) is 5.32 Å². The van der Waals surface area contributed by atoms with Crippen molar-refractivity contribution in [3.05, 3.63) is 128 Å². The fourth-order valence-electron chi connectivity index (χ4n) is 4.92. The molecule has 0 aliphatic heterocycles. The SMILES string of the molecule is CCNC(=O)C(Cc1ccccc1)N(Cc1c(Cl)cccc1Cl)C(=O)CN(c1cccc(Cl)c1C)S(=O)(=O)c1ccc(C)cc1. The quantitative estimate of drug-likeness (QED) is 0.170. The van der Waals surface area contributed by atoms with Crippen LogP contribution in [0.1, 0.15) is 29.2 Å². The molecule has 4 rings (SSSR count). The normalized spacial score (nSPS) is 12.0. The standard InChI is InChI=1S/C34H34Cl3N3O4S/c1-4-38-34(42)32(20-25-10-6-5-7-11-25)39(21-27-29(36)13-8-14-30(27)37)33(41)22-40(31-15-9-12-28(35)24(31)3)45(43,44)26-18-16-23(2)17-19-26/h5-19,32H,4,20-22H2,1-3H3,(H,38,42). The number of hydrogen-bond acceptors (Lipinski definition) is 4. The van der Waals surface area contributed by atoms with Crippen LogP contribution in [0.5, 0.6) is 0 Å². The van der Waals surface area contributed by atoms with Crippen LogP contribution in [0.4, 0.5) is 5.69 Å². The largest absolute Gasteiger partial charge is 0.355 e. The highest BCUT2D eigenvalue weighted by atomic mass is 35.5. The lowest BCUT2D eigenvalue weighted by atomic mass is 10.0. The van der Waals surface area contributed by atoms with E-state index in [0.29, 0.717) is 32.7 Å². The molecule has 0 aliphatic rings. The number of benzene rings is 4. The van der Waals surface area contributed by atoms with Crippen LogP contribution in [0.15, 0.2) is 95.9 Å². The number of carbonyl (C=O) groups is 2. The van der Waals surface area contributed by atoms with Gasteiger partial charge in [-0.05, 0) is 68.3 Å². The third-order valence-corrected chi connectivity index (χ3v) is 10.3. The Kier molecular flexibility index (Phi) is 11.6. The van der Waals surface area contributed by atoms with Crippen molar-refractivity contribution < 1.29 is 18.0 Å². The molecule has 0 saturated heterocycles. The summed E-state index contributed by atoms with van der Waals surface area (Å²) in [4.78, 5) is 29.5. The second kappa shape index (κ2) is 15.1. The van der Waals surface area contributed by atoms with Gasteiger partial charge in [-0.1, -0.05) is 95.0 Å². The van der Waals surface area contributed by atoms with Gasteiger partial charge in [0.2, 0.25) is 11.8 Å². The first-order valence-corrected chi connectivity index (χ1v) is 16.9. The van der Waals surface area contributed by atoms with Crippen molar-refractivity contribution in [2.24, 2.45) is 0 Å². The van der Waals surface area contributed by atoms with Gasteiger partial charge < -0.3 is 10.2 Å². The van der Waals surface area contributed by atoms with E-state index in [0.717, 1.165) is 15.4 Å². The summed E-state index contributed by atoms with van der Waals surface area (Å²) in [6.45, 7) is 4.89. The third-order valence-electron chi connectivity index (χ3n) is 7.41. The number of halogens is 3.